The fourth-order valence-corrected chi connectivity index (χ4v) is 2.12. The first-order valence-corrected chi connectivity index (χ1v) is 8.37. The van der Waals surface area contributed by atoms with Crippen molar-refractivity contribution in [1.29, 1.82) is 0 Å². The molecule has 0 bridgehead atoms. The lowest BCUT2D eigenvalue weighted by Gasteiger charge is -2.24. The highest BCUT2D eigenvalue weighted by Crippen LogP contribution is 2.20. The highest BCUT2D eigenvalue weighted by Gasteiger charge is 2.20. The van der Waals surface area contributed by atoms with E-state index in [0.29, 0.717) is 13.1 Å². The first-order valence-electron chi connectivity index (χ1n) is 8.37. The molecule has 0 saturated carbocycles. The molecule has 2 unspecified atom stereocenters. The van der Waals surface area contributed by atoms with Crippen molar-refractivity contribution in [3.8, 4) is 0 Å². The molecule has 0 aliphatic carbocycles. The number of aliphatic hydroxyl groups excluding tert-OH is 2. The van der Waals surface area contributed by atoms with Crippen LogP contribution in [0.5, 0.6) is 0 Å². The summed E-state index contributed by atoms with van der Waals surface area (Å²) in [6.45, 7) is 8.24. The van der Waals surface area contributed by atoms with Crippen molar-refractivity contribution in [1.82, 2.24) is 10.6 Å². The topological polar surface area (TPSA) is 76.9 Å². The fraction of sp³-hybridized carbons (Fsp3) is 0.611. The number of halogens is 1. The molecule has 1 aromatic carbocycles. The molecule has 138 valence electrons. The smallest absolute Gasteiger partial charge is 0.191 e. The van der Waals surface area contributed by atoms with Crippen LogP contribution in [0.25, 0.3) is 0 Å². The van der Waals surface area contributed by atoms with E-state index >= 15 is 0 Å². The molecular formula is C18H32IN3O2. The summed E-state index contributed by atoms with van der Waals surface area (Å²) in [6, 6.07) is 9.97. The van der Waals surface area contributed by atoms with Gasteiger partial charge in [-0.25, -0.2) is 0 Å². The molecule has 0 amide bonds. The minimum absolute atomic E-state index is 0. The molecule has 24 heavy (non-hydrogen) atoms. The van der Waals surface area contributed by atoms with Crippen molar-refractivity contribution in [3.05, 3.63) is 35.9 Å². The second-order valence-electron chi connectivity index (χ2n) is 6.19. The van der Waals surface area contributed by atoms with Gasteiger partial charge in [0.1, 0.15) is 0 Å². The van der Waals surface area contributed by atoms with Crippen LogP contribution in [-0.2, 0) is 0 Å². The zero-order valence-corrected chi connectivity index (χ0v) is 17.3. The Bertz CT molecular complexity index is 465. The van der Waals surface area contributed by atoms with Gasteiger partial charge < -0.3 is 20.8 Å². The van der Waals surface area contributed by atoms with Crippen LogP contribution in [0.3, 0.4) is 0 Å². The lowest BCUT2D eigenvalue weighted by atomic mass is 9.89. The van der Waals surface area contributed by atoms with E-state index in [1.807, 2.05) is 44.2 Å². The van der Waals surface area contributed by atoms with Crippen molar-refractivity contribution in [3.63, 3.8) is 0 Å². The number of nitrogens with zero attached hydrogens (tertiary/aromatic N) is 1. The maximum atomic E-state index is 9.62. The van der Waals surface area contributed by atoms with E-state index in [4.69, 9.17) is 0 Å². The van der Waals surface area contributed by atoms with Gasteiger partial charge in [0.25, 0.3) is 0 Å². The Balaban J connectivity index is 0.00000529. The van der Waals surface area contributed by atoms with Gasteiger partial charge in [0.2, 0.25) is 0 Å². The molecule has 6 heteroatoms. The van der Waals surface area contributed by atoms with Crippen LogP contribution in [0.15, 0.2) is 35.3 Å². The Hall–Kier alpha value is -0.860. The molecule has 0 saturated heterocycles. The minimum atomic E-state index is -0.196. The average molecular weight is 449 g/mol. The number of nitrogens with one attached hydrogen (secondary N) is 2. The van der Waals surface area contributed by atoms with Crippen LogP contribution in [0.4, 0.5) is 0 Å². The quantitative estimate of drug-likeness (QED) is 0.265. The Morgan fingerprint density at radius 3 is 2.33 bits per heavy atom. The second-order valence-corrected chi connectivity index (χ2v) is 6.19. The van der Waals surface area contributed by atoms with Gasteiger partial charge in [-0.2, -0.15) is 0 Å². The summed E-state index contributed by atoms with van der Waals surface area (Å²) in [4.78, 5) is 4.58. The number of aliphatic hydroxyl groups is 2. The van der Waals surface area contributed by atoms with Crippen molar-refractivity contribution < 1.29 is 10.2 Å². The van der Waals surface area contributed by atoms with E-state index < -0.39 is 0 Å². The molecule has 0 aromatic heterocycles. The molecule has 5 nitrogen and oxygen atoms in total. The largest absolute Gasteiger partial charge is 0.396 e. The van der Waals surface area contributed by atoms with E-state index in [0.717, 1.165) is 24.5 Å². The van der Waals surface area contributed by atoms with Crippen LogP contribution in [-0.4, -0.2) is 49.0 Å². The lowest BCUT2D eigenvalue weighted by molar-refractivity contribution is 0.145. The summed E-state index contributed by atoms with van der Waals surface area (Å²) in [5, 5.41) is 25.6. The predicted molar refractivity (Wildman–Crippen MR) is 111 cm³/mol. The van der Waals surface area contributed by atoms with Gasteiger partial charge in [-0.05, 0) is 18.9 Å². The molecular weight excluding hydrogens is 417 g/mol. The summed E-state index contributed by atoms with van der Waals surface area (Å²) in [5.41, 5.74) is 0.908. The molecule has 0 aliphatic heterocycles. The standard InChI is InChI=1S/C18H31N3O2.HI/c1-4-18(3,14-23)13-21-17(19-5-2)20-11-16(12-22)15-9-7-6-8-10-15;/h6-10,16,22-23H,4-5,11-14H2,1-3H3,(H2,19,20,21);1H. The van der Waals surface area contributed by atoms with Crippen molar-refractivity contribution in [2.45, 2.75) is 33.1 Å². The summed E-state index contributed by atoms with van der Waals surface area (Å²) in [6.07, 6.45) is 0.871. The van der Waals surface area contributed by atoms with E-state index in [2.05, 4.69) is 22.5 Å². The van der Waals surface area contributed by atoms with Gasteiger partial charge in [-0.3, -0.25) is 4.99 Å². The Kier molecular flexibility index (Phi) is 12.0. The van der Waals surface area contributed by atoms with E-state index in [1.54, 1.807) is 0 Å². The van der Waals surface area contributed by atoms with Gasteiger partial charge in [0.05, 0.1) is 19.8 Å². The lowest BCUT2D eigenvalue weighted by Crippen LogP contribution is -2.41. The third kappa shape index (κ3) is 7.81. The molecule has 0 fully saturated rings. The third-order valence-electron chi connectivity index (χ3n) is 4.21. The average Bonchev–Trinajstić information content (AvgIpc) is 2.60. The summed E-state index contributed by atoms with van der Waals surface area (Å²) >= 11 is 0. The monoisotopic (exact) mass is 449 g/mol. The first-order chi connectivity index (χ1) is 11.1. The first kappa shape index (κ1) is 23.1. The molecule has 2 atom stereocenters. The summed E-state index contributed by atoms with van der Waals surface area (Å²) in [5.74, 6) is 0.741. The summed E-state index contributed by atoms with van der Waals surface area (Å²) in [7, 11) is 0. The van der Waals surface area contributed by atoms with Gasteiger partial charge >= 0.3 is 0 Å². The third-order valence-corrected chi connectivity index (χ3v) is 4.21. The number of rotatable bonds is 9. The Labute approximate surface area is 163 Å². The molecule has 0 radical (unpaired) electrons. The summed E-state index contributed by atoms with van der Waals surface area (Å²) < 4.78 is 0. The Morgan fingerprint density at radius 2 is 1.83 bits per heavy atom. The maximum Gasteiger partial charge on any atom is 0.191 e. The normalized spacial score (nSPS) is 15.1. The molecule has 1 rings (SSSR count). The number of hydrogen-bond donors (Lipinski definition) is 4. The number of hydrogen-bond acceptors (Lipinski definition) is 3. The van der Waals surface area contributed by atoms with E-state index in [-0.39, 0.29) is 48.5 Å². The Morgan fingerprint density at radius 1 is 1.17 bits per heavy atom. The van der Waals surface area contributed by atoms with Crippen LogP contribution < -0.4 is 10.6 Å². The number of guanidine groups is 1. The second kappa shape index (κ2) is 12.5. The molecule has 0 spiro atoms. The number of aliphatic imine (C=N–C) groups is 1. The zero-order chi connectivity index (χ0) is 17.1. The van der Waals surface area contributed by atoms with Crippen LogP contribution in [0, 0.1) is 5.41 Å². The molecule has 0 heterocycles. The highest BCUT2D eigenvalue weighted by atomic mass is 127. The van der Waals surface area contributed by atoms with Crippen molar-refractivity contribution >= 4 is 29.9 Å². The van der Waals surface area contributed by atoms with E-state index in [1.165, 1.54) is 0 Å². The van der Waals surface area contributed by atoms with Crippen molar-refractivity contribution in [2.75, 3.05) is 32.8 Å². The van der Waals surface area contributed by atoms with Gasteiger partial charge in [-0.15, -0.1) is 24.0 Å². The fourth-order valence-electron chi connectivity index (χ4n) is 2.12. The highest BCUT2D eigenvalue weighted by molar-refractivity contribution is 14.0. The SMILES string of the molecule is CCNC(=NCC(C)(CC)CO)NCC(CO)c1ccccc1.I. The van der Waals surface area contributed by atoms with Gasteiger partial charge in [-0.1, -0.05) is 44.2 Å². The molecule has 4 N–H and O–H groups in total. The van der Waals surface area contributed by atoms with E-state index in [9.17, 15) is 10.2 Å². The van der Waals surface area contributed by atoms with Gasteiger partial charge in [0, 0.05) is 24.4 Å². The molecule has 0 aliphatic rings. The maximum absolute atomic E-state index is 9.62. The number of benzene rings is 1. The van der Waals surface area contributed by atoms with Crippen molar-refractivity contribution in [2.24, 2.45) is 10.4 Å². The van der Waals surface area contributed by atoms with Crippen LogP contribution >= 0.6 is 24.0 Å². The van der Waals surface area contributed by atoms with Crippen LogP contribution in [0.1, 0.15) is 38.7 Å². The van der Waals surface area contributed by atoms with Gasteiger partial charge in [0.15, 0.2) is 5.96 Å². The molecule has 1 aromatic rings. The minimum Gasteiger partial charge on any atom is -0.396 e. The predicted octanol–water partition coefficient (Wildman–Crippen LogP) is 2.34. The van der Waals surface area contributed by atoms with Crippen LogP contribution in [0.2, 0.25) is 0 Å². The zero-order valence-electron chi connectivity index (χ0n) is 15.0.